The largest absolute Gasteiger partial charge is 0.352 e. The molecule has 0 aromatic carbocycles. The summed E-state index contributed by atoms with van der Waals surface area (Å²) in [5.74, 6) is 2.43. The highest BCUT2D eigenvalue weighted by atomic mass is 35.5. The Balaban J connectivity index is 2.19. The second-order valence-electron chi connectivity index (χ2n) is 3.87. The van der Waals surface area contributed by atoms with Gasteiger partial charge in [0.15, 0.2) is 0 Å². The Hall–Kier alpha value is -0.760. The summed E-state index contributed by atoms with van der Waals surface area (Å²) in [5.41, 5.74) is 0. The summed E-state index contributed by atoms with van der Waals surface area (Å²) in [4.78, 5) is 6.68. The molecule has 1 aromatic heterocycles. The van der Waals surface area contributed by atoms with Crippen LogP contribution in [0.3, 0.4) is 0 Å². The van der Waals surface area contributed by atoms with Gasteiger partial charge in [-0.15, -0.1) is 11.6 Å². The minimum absolute atomic E-state index is 0.451. The van der Waals surface area contributed by atoms with Gasteiger partial charge in [-0.25, -0.2) is 4.98 Å². The summed E-state index contributed by atoms with van der Waals surface area (Å²) in [6, 6.07) is 6.47. The maximum atomic E-state index is 5.98. The highest BCUT2D eigenvalue weighted by Crippen LogP contribution is 2.28. The number of aromatic nitrogens is 1. The molecule has 0 saturated carbocycles. The van der Waals surface area contributed by atoms with Gasteiger partial charge in [-0.05, 0) is 24.5 Å². The summed E-state index contributed by atoms with van der Waals surface area (Å²) in [6.07, 6.45) is 3.05. The molecular formula is C11H15ClN2. The average Bonchev–Trinajstić information content (AvgIpc) is 2.61. The highest BCUT2D eigenvalue weighted by molar-refractivity contribution is 6.18. The third-order valence-electron chi connectivity index (χ3n) is 2.98. The van der Waals surface area contributed by atoms with E-state index in [1.807, 2.05) is 18.3 Å². The number of hydrogen-bond acceptors (Lipinski definition) is 2. The first-order valence-electron chi connectivity index (χ1n) is 5.06. The molecule has 76 valence electrons. The van der Waals surface area contributed by atoms with Crippen LogP contribution in [0.25, 0.3) is 0 Å². The second kappa shape index (κ2) is 4.18. The van der Waals surface area contributed by atoms with E-state index < -0.39 is 0 Å². The van der Waals surface area contributed by atoms with E-state index in [1.54, 1.807) is 0 Å². The van der Waals surface area contributed by atoms with Crippen molar-refractivity contribution in [3.63, 3.8) is 0 Å². The van der Waals surface area contributed by atoms with Gasteiger partial charge in [-0.2, -0.15) is 0 Å². The summed E-state index contributed by atoms with van der Waals surface area (Å²) in [7, 11) is 0. The summed E-state index contributed by atoms with van der Waals surface area (Å²) < 4.78 is 0. The van der Waals surface area contributed by atoms with Gasteiger partial charge in [-0.1, -0.05) is 13.0 Å². The quantitative estimate of drug-likeness (QED) is 0.698. The topological polar surface area (TPSA) is 16.1 Å². The lowest BCUT2D eigenvalue weighted by molar-refractivity contribution is 0.548. The van der Waals surface area contributed by atoms with Crippen LogP contribution in [0.5, 0.6) is 0 Å². The Morgan fingerprint density at radius 3 is 3.07 bits per heavy atom. The van der Waals surface area contributed by atoms with E-state index in [4.69, 9.17) is 11.6 Å². The van der Waals surface area contributed by atoms with Gasteiger partial charge in [0.1, 0.15) is 5.82 Å². The Bertz CT molecular complexity index is 289. The fourth-order valence-corrected chi connectivity index (χ4v) is 2.52. The van der Waals surface area contributed by atoms with E-state index in [0.717, 1.165) is 12.4 Å². The van der Waals surface area contributed by atoms with E-state index in [-0.39, 0.29) is 0 Å². The molecule has 14 heavy (non-hydrogen) atoms. The second-order valence-corrected chi connectivity index (χ2v) is 4.18. The van der Waals surface area contributed by atoms with Crippen molar-refractivity contribution in [1.29, 1.82) is 0 Å². The van der Waals surface area contributed by atoms with Crippen LogP contribution in [-0.2, 0) is 0 Å². The van der Waals surface area contributed by atoms with Crippen LogP contribution in [0.4, 0.5) is 5.82 Å². The van der Waals surface area contributed by atoms with Crippen LogP contribution in [0.2, 0.25) is 0 Å². The molecule has 1 aliphatic rings. The zero-order chi connectivity index (χ0) is 9.97. The number of hydrogen-bond donors (Lipinski definition) is 0. The van der Waals surface area contributed by atoms with Crippen LogP contribution >= 0.6 is 11.6 Å². The number of alkyl halides is 1. The molecule has 1 saturated heterocycles. The third-order valence-corrected chi connectivity index (χ3v) is 3.30. The number of rotatable bonds is 2. The smallest absolute Gasteiger partial charge is 0.128 e. The van der Waals surface area contributed by atoms with E-state index >= 15 is 0 Å². The van der Waals surface area contributed by atoms with E-state index in [1.165, 1.54) is 6.42 Å². The zero-order valence-corrected chi connectivity index (χ0v) is 9.11. The lowest BCUT2D eigenvalue weighted by Gasteiger charge is -2.25. The molecule has 2 unspecified atom stereocenters. The monoisotopic (exact) mass is 210 g/mol. The van der Waals surface area contributed by atoms with Gasteiger partial charge >= 0.3 is 0 Å². The first kappa shape index (κ1) is 9.78. The van der Waals surface area contributed by atoms with Crippen LogP contribution in [0, 0.1) is 5.92 Å². The van der Waals surface area contributed by atoms with Gasteiger partial charge < -0.3 is 4.90 Å². The lowest BCUT2D eigenvalue weighted by atomic mass is 10.1. The molecule has 0 bridgehead atoms. The Kier molecular flexibility index (Phi) is 2.92. The van der Waals surface area contributed by atoms with Crippen LogP contribution in [0.1, 0.15) is 13.3 Å². The van der Waals surface area contributed by atoms with Crippen LogP contribution < -0.4 is 4.90 Å². The molecule has 0 amide bonds. The molecule has 2 nitrogen and oxygen atoms in total. The molecule has 1 fully saturated rings. The van der Waals surface area contributed by atoms with E-state index in [2.05, 4.69) is 22.9 Å². The predicted molar refractivity (Wildman–Crippen MR) is 59.9 cm³/mol. The minimum atomic E-state index is 0.451. The van der Waals surface area contributed by atoms with Crippen LogP contribution in [-0.4, -0.2) is 23.5 Å². The molecular weight excluding hydrogens is 196 g/mol. The van der Waals surface area contributed by atoms with Crippen molar-refractivity contribution in [2.45, 2.75) is 19.4 Å². The first-order chi connectivity index (χ1) is 6.83. The SMILES string of the molecule is CC1CCN(c2ccccn2)C1CCl. The van der Waals surface area contributed by atoms with Crippen molar-refractivity contribution < 1.29 is 0 Å². The summed E-state index contributed by atoms with van der Waals surface area (Å²) in [6.45, 7) is 3.34. The fourth-order valence-electron chi connectivity index (χ4n) is 2.05. The van der Waals surface area contributed by atoms with Crippen molar-refractivity contribution in [3.8, 4) is 0 Å². The van der Waals surface area contributed by atoms with E-state index in [9.17, 15) is 0 Å². The first-order valence-corrected chi connectivity index (χ1v) is 5.60. The molecule has 1 aromatic rings. The normalized spacial score (nSPS) is 26.9. The Labute approximate surface area is 89.9 Å². The summed E-state index contributed by atoms with van der Waals surface area (Å²) >= 11 is 5.98. The van der Waals surface area contributed by atoms with Crippen molar-refractivity contribution in [1.82, 2.24) is 4.98 Å². The lowest BCUT2D eigenvalue weighted by Crippen LogP contribution is -2.34. The Morgan fingerprint density at radius 2 is 2.43 bits per heavy atom. The van der Waals surface area contributed by atoms with E-state index in [0.29, 0.717) is 17.8 Å². The minimum Gasteiger partial charge on any atom is -0.352 e. The molecule has 2 atom stereocenters. The summed E-state index contributed by atoms with van der Waals surface area (Å²) in [5, 5.41) is 0. The Morgan fingerprint density at radius 1 is 1.57 bits per heavy atom. The molecule has 0 spiro atoms. The van der Waals surface area contributed by atoms with Crippen molar-refractivity contribution >= 4 is 17.4 Å². The zero-order valence-electron chi connectivity index (χ0n) is 8.36. The van der Waals surface area contributed by atoms with Crippen molar-refractivity contribution in [2.24, 2.45) is 5.92 Å². The molecule has 0 N–H and O–H groups in total. The molecule has 0 radical (unpaired) electrons. The fraction of sp³-hybridized carbons (Fsp3) is 0.545. The van der Waals surface area contributed by atoms with Gasteiger partial charge in [0.2, 0.25) is 0 Å². The van der Waals surface area contributed by atoms with Gasteiger partial charge in [-0.3, -0.25) is 0 Å². The third kappa shape index (κ3) is 1.71. The maximum Gasteiger partial charge on any atom is 0.128 e. The number of pyridine rings is 1. The van der Waals surface area contributed by atoms with Gasteiger partial charge in [0.25, 0.3) is 0 Å². The molecule has 1 aliphatic heterocycles. The number of nitrogens with zero attached hydrogens (tertiary/aromatic N) is 2. The maximum absolute atomic E-state index is 5.98. The average molecular weight is 211 g/mol. The van der Waals surface area contributed by atoms with Crippen molar-refractivity contribution in [2.75, 3.05) is 17.3 Å². The number of anilines is 1. The molecule has 2 heterocycles. The molecule has 3 heteroatoms. The molecule has 2 rings (SSSR count). The van der Waals surface area contributed by atoms with Crippen LogP contribution in [0.15, 0.2) is 24.4 Å². The van der Waals surface area contributed by atoms with Gasteiger partial charge in [0.05, 0.1) is 0 Å². The number of halogens is 1. The molecule has 0 aliphatic carbocycles. The standard InChI is InChI=1S/C11H15ClN2/c1-9-5-7-14(10(9)8-12)11-4-2-3-6-13-11/h2-4,6,9-10H,5,7-8H2,1H3. The van der Waals surface area contributed by atoms with Crippen molar-refractivity contribution in [3.05, 3.63) is 24.4 Å². The van der Waals surface area contributed by atoms with Gasteiger partial charge in [0, 0.05) is 24.7 Å². The predicted octanol–water partition coefficient (Wildman–Crippen LogP) is 2.54. The highest BCUT2D eigenvalue weighted by Gasteiger charge is 2.30.